The first kappa shape index (κ1) is 17.5. The Labute approximate surface area is 129 Å². The lowest BCUT2D eigenvalue weighted by molar-refractivity contribution is -0.119. The smallest absolute Gasteiger partial charge is 0.319 e. The van der Waals surface area contributed by atoms with Gasteiger partial charge < -0.3 is 21.3 Å². The van der Waals surface area contributed by atoms with Crippen LogP contribution < -0.4 is 21.3 Å². The van der Waals surface area contributed by atoms with Crippen LogP contribution in [0.1, 0.15) is 31.1 Å². The highest BCUT2D eigenvalue weighted by Crippen LogP contribution is 2.10. The third-order valence-electron chi connectivity index (χ3n) is 2.58. The van der Waals surface area contributed by atoms with Crippen LogP contribution in [0.15, 0.2) is 24.3 Å². The molecule has 0 atom stereocenters. The Kier molecular flexibility index (Phi) is 5.91. The minimum Gasteiger partial charge on any atom is -0.358 e. The zero-order chi connectivity index (χ0) is 16.8. The van der Waals surface area contributed by atoms with Gasteiger partial charge in [-0.3, -0.25) is 9.59 Å². The predicted octanol–water partition coefficient (Wildman–Crippen LogP) is 1.08. The number of carbonyl (C=O) groups is 3. The summed E-state index contributed by atoms with van der Waals surface area (Å²) in [6.07, 6.45) is 0. The van der Waals surface area contributed by atoms with E-state index in [1.165, 1.54) is 7.05 Å². The monoisotopic (exact) mass is 306 g/mol. The zero-order valence-electron chi connectivity index (χ0n) is 13.2. The van der Waals surface area contributed by atoms with Gasteiger partial charge in [0, 0.05) is 23.8 Å². The highest BCUT2D eigenvalue weighted by Gasteiger charge is 2.15. The maximum atomic E-state index is 11.9. The second kappa shape index (κ2) is 7.44. The predicted molar refractivity (Wildman–Crippen MR) is 84.7 cm³/mol. The average molecular weight is 306 g/mol. The van der Waals surface area contributed by atoms with E-state index < -0.39 is 6.03 Å². The van der Waals surface area contributed by atoms with Gasteiger partial charge in [-0.1, -0.05) is 0 Å². The third-order valence-corrected chi connectivity index (χ3v) is 2.58. The highest BCUT2D eigenvalue weighted by atomic mass is 16.2. The molecule has 1 aromatic carbocycles. The van der Waals surface area contributed by atoms with Gasteiger partial charge in [0.05, 0.1) is 6.54 Å². The molecule has 0 aliphatic rings. The van der Waals surface area contributed by atoms with Gasteiger partial charge in [-0.2, -0.15) is 0 Å². The molecule has 7 heteroatoms. The van der Waals surface area contributed by atoms with Crippen LogP contribution in [0.5, 0.6) is 0 Å². The summed E-state index contributed by atoms with van der Waals surface area (Å²) in [5, 5.41) is 10.2. The molecule has 0 saturated carbocycles. The Morgan fingerprint density at radius 3 is 2.14 bits per heavy atom. The molecule has 1 aromatic rings. The molecule has 0 heterocycles. The van der Waals surface area contributed by atoms with Crippen LogP contribution in [0.4, 0.5) is 10.5 Å². The number of hydrogen-bond acceptors (Lipinski definition) is 3. The van der Waals surface area contributed by atoms with E-state index in [9.17, 15) is 14.4 Å². The Morgan fingerprint density at radius 1 is 1.05 bits per heavy atom. The standard InChI is InChI=1S/C15H22N4O3/c1-15(2,3)19-13(21)10-5-7-11(8-6-10)18-14(22)17-9-12(20)16-4/h5-8H,9H2,1-4H3,(H,16,20)(H,19,21)(H2,17,18,22). The molecule has 0 saturated heterocycles. The van der Waals surface area contributed by atoms with Gasteiger partial charge in [-0.25, -0.2) is 4.79 Å². The maximum absolute atomic E-state index is 11.9. The normalized spacial score (nSPS) is 10.5. The lowest BCUT2D eigenvalue weighted by Crippen LogP contribution is -2.40. The van der Waals surface area contributed by atoms with Crippen molar-refractivity contribution >= 4 is 23.5 Å². The van der Waals surface area contributed by atoms with Gasteiger partial charge >= 0.3 is 6.03 Å². The molecule has 1 rings (SSSR count). The Hall–Kier alpha value is -2.57. The fraction of sp³-hybridized carbons (Fsp3) is 0.400. The van der Waals surface area contributed by atoms with Gasteiger partial charge in [-0.15, -0.1) is 0 Å². The molecule has 0 spiro atoms. The van der Waals surface area contributed by atoms with E-state index in [1.54, 1.807) is 24.3 Å². The summed E-state index contributed by atoms with van der Waals surface area (Å²) in [6, 6.07) is 5.99. The quantitative estimate of drug-likeness (QED) is 0.670. The van der Waals surface area contributed by atoms with Gasteiger partial charge in [0.15, 0.2) is 0 Å². The van der Waals surface area contributed by atoms with E-state index >= 15 is 0 Å². The molecule has 120 valence electrons. The van der Waals surface area contributed by atoms with Crippen LogP contribution in [0.3, 0.4) is 0 Å². The first-order valence-electron chi connectivity index (χ1n) is 6.89. The number of anilines is 1. The summed E-state index contributed by atoms with van der Waals surface area (Å²) in [5.41, 5.74) is 0.723. The van der Waals surface area contributed by atoms with Crippen molar-refractivity contribution in [2.45, 2.75) is 26.3 Å². The third kappa shape index (κ3) is 6.25. The summed E-state index contributed by atoms with van der Waals surface area (Å²) in [4.78, 5) is 34.5. The number of likely N-dealkylation sites (N-methyl/N-ethyl adjacent to an activating group) is 1. The molecule has 4 amide bonds. The van der Waals surface area contributed by atoms with E-state index in [4.69, 9.17) is 0 Å². The van der Waals surface area contributed by atoms with Crippen molar-refractivity contribution in [1.82, 2.24) is 16.0 Å². The molecule has 0 bridgehead atoms. The average Bonchev–Trinajstić information content (AvgIpc) is 2.43. The molecule has 22 heavy (non-hydrogen) atoms. The molecule has 0 aliphatic heterocycles. The second-order valence-corrected chi connectivity index (χ2v) is 5.76. The molecular weight excluding hydrogens is 284 g/mol. The highest BCUT2D eigenvalue weighted by molar-refractivity contribution is 5.96. The summed E-state index contributed by atoms with van der Waals surface area (Å²) in [7, 11) is 1.49. The van der Waals surface area contributed by atoms with Crippen molar-refractivity contribution in [1.29, 1.82) is 0 Å². The zero-order valence-corrected chi connectivity index (χ0v) is 13.2. The fourth-order valence-corrected chi connectivity index (χ4v) is 1.54. The summed E-state index contributed by atoms with van der Waals surface area (Å²) in [5.74, 6) is -0.465. The number of urea groups is 1. The summed E-state index contributed by atoms with van der Waals surface area (Å²) in [6.45, 7) is 5.60. The van der Waals surface area contributed by atoms with Gasteiger partial charge in [0.1, 0.15) is 0 Å². The van der Waals surface area contributed by atoms with Crippen LogP contribution >= 0.6 is 0 Å². The number of hydrogen-bond donors (Lipinski definition) is 4. The van der Waals surface area contributed by atoms with Crippen LogP contribution in [0.2, 0.25) is 0 Å². The molecule has 4 N–H and O–H groups in total. The molecule has 0 aromatic heterocycles. The number of carbonyl (C=O) groups excluding carboxylic acids is 3. The van der Waals surface area contributed by atoms with Crippen LogP contribution in [-0.2, 0) is 4.79 Å². The molecule has 0 aliphatic carbocycles. The van der Waals surface area contributed by atoms with Crippen molar-refractivity contribution in [3.8, 4) is 0 Å². The van der Waals surface area contributed by atoms with Gasteiger partial charge in [0.25, 0.3) is 5.91 Å². The Bertz CT molecular complexity index is 547. The topological polar surface area (TPSA) is 99.3 Å². The first-order valence-corrected chi connectivity index (χ1v) is 6.89. The van der Waals surface area contributed by atoms with Crippen LogP contribution in [0, 0.1) is 0 Å². The largest absolute Gasteiger partial charge is 0.358 e. The van der Waals surface area contributed by atoms with Gasteiger partial charge in [-0.05, 0) is 45.0 Å². The van der Waals surface area contributed by atoms with Gasteiger partial charge in [0.2, 0.25) is 5.91 Å². The lowest BCUT2D eigenvalue weighted by Gasteiger charge is -2.20. The molecule has 7 nitrogen and oxygen atoms in total. The summed E-state index contributed by atoms with van der Waals surface area (Å²) >= 11 is 0. The Morgan fingerprint density at radius 2 is 1.64 bits per heavy atom. The van der Waals surface area contributed by atoms with E-state index in [1.807, 2.05) is 20.8 Å². The minimum absolute atomic E-state index is 0.103. The number of nitrogens with one attached hydrogen (secondary N) is 4. The number of rotatable bonds is 4. The van der Waals surface area contributed by atoms with E-state index in [0.29, 0.717) is 11.3 Å². The van der Waals surface area contributed by atoms with Crippen molar-refractivity contribution in [2.75, 3.05) is 18.9 Å². The SMILES string of the molecule is CNC(=O)CNC(=O)Nc1ccc(C(=O)NC(C)(C)C)cc1. The number of amides is 4. The maximum Gasteiger partial charge on any atom is 0.319 e. The summed E-state index contributed by atoms with van der Waals surface area (Å²) < 4.78 is 0. The van der Waals surface area contributed by atoms with Crippen molar-refractivity contribution in [2.24, 2.45) is 0 Å². The van der Waals surface area contributed by atoms with Crippen molar-refractivity contribution < 1.29 is 14.4 Å². The fourth-order valence-electron chi connectivity index (χ4n) is 1.54. The van der Waals surface area contributed by atoms with E-state index in [0.717, 1.165) is 0 Å². The Balaban J connectivity index is 2.56. The molecular formula is C15H22N4O3. The molecule has 0 fully saturated rings. The van der Waals surface area contributed by atoms with Crippen molar-refractivity contribution in [3.63, 3.8) is 0 Å². The lowest BCUT2D eigenvalue weighted by atomic mass is 10.1. The first-order chi connectivity index (χ1) is 10.2. The van der Waals surface area contributed by atoms with Crippen molar-refractivity contribution in [3.05, 3.63) is 29.8 Å². The van der Waals surface area contributed by atoms with Crippen LogP contribution in [0.25, 0.3) is 0 Å². The van der Waals surface area contributed by atoms with Crippen LogP contribution in [-0.4, -0.2) is 37.0 Å². The van der Waals surface area contributed by atoms with E-state index in [2.05, 4.69) is 21.3 Å². The number of benzene rings is 1. The second-order valence-electron chi connectivity index (χ2n) is 5.76. The molecule has 0 radical (unpaired) electrons. The van der Waals surface area contributed by atoms with E-state index in [-0.39, 0.29) is 23.9 Å². The molecule has 0 unspecified atom stereocenters. The minimum atomic E-state index is -0.490.